The van der Waals surface area contributed by atoms with Crippen molar-refractivity contribution < 1.29 is 9.59 Å². The predicted molar refractivity (Wildman–Crippen MR) is 129 cm³/mol. The number of carbonyl (C=O) groups is 2. The average Bonchev–Trinajstić information content (AvgIpc) is 3.14. The largest absolute Gasteiger partial charge is 0.347 e. The Labute approximate surface area is 191 Å². The molecule has 4 heterocycles. The molecule has 1 atom stereocenters. The van der Waals surface area contributed by atoms with Crippen LogP contribution >= 0.6 is 11.3 Å². The summed E-state index contributed by atoms with van der Waals surface area (Å²) >= 11 is 1.32. The third-order valence-electron chi connectivity index (χ3n) is 6.05. The van der Waals surface area contributed by atoms with E-state index < -0.39 is 0 Å². The number of benzene rings is 1. The lowest BCUT2D eigenvalue weighted by atomic mass is 9.87. The van der Waals surface area contributed by atoms with Crippen LogP contribution in [-0.2, 0) is 5.41 Å². The number of carbonyl (C=O) groups excluding carboxylic acids is 2. The number of pyridine rings is 1. The molecule has 0 radical (unpaired) electrons. The minimum atomic E-state index is -0.275. The number of rotatable bonds is 3. The third-order valence-corrected chi connectivity index (χ3v) is 7.15. The van der Waals surface area contributed by atoms with Gasteiger partial charge in [-0.15, -0.1) is 11.3 Å². The van der Waals surface area contributed by atoms with Crippen molar-refractivity contribution in [1.82, 2.24) is 15.6 Å². The van der Waals surface area contributed by atoms with Crippen LogP contribution in [0.3, 0.4) is 0 Å². The first kappa shape index (κ1) is 20.9. The fraction of sp³-hybridized carbons (Fsp3) is 0.375. The normalized spacial score (nSPS) is 18.5. The van der Waals surface area contributed by atoms with Crippen molar-refractivity contribution in [3.8, 4) is 0 Å². The molecule has 0 aliphatic carbocycles. The molecule has 32 heavy (non-hydrogen) atoms. The Kier molecular flexibility index (Phi) is 5.14. The molecule has 0 spiro atoms. The number of urea groups is 1. The van der Waals surface area contributed by atoms with Crippen molar-refractivity contribution in [3.05, 3.63) is 47.0 Å². The number of nitrogens with one attached hydrogen (secondary N) is 3. The van der Waals surface area contributed by atoms with Crippen molar-refractivity contribution in [3.63, 3.8) is 0 Å². The molecule has 2 aliphatic heterocycles. The first-order valence-corrected chi connectivity index (χ1v) is 11.8. The molecule has 1 unspecified atom stereocenters. The van der Waals surface area contributed by atoms with Crippen molar-refractivity contribution >= 4 is 50.6 Å². The zero-order chi connectivity index (χ0) is 22.5. The van der Waals surface area contributed by atoms with E-state index in [0.29, 0.717) is 10.6 Å². The SMILES string of the molecule is CC(C)(C)c1cccc(N2C(=O)Nc3c(C(=O)NC4CCCNC4)sc4nccc2c34)c1. The van der Waals surface area contributed by atoms with E-state index in [1.807, 2.05) is 24.3 Å². The molecule has 0 saturated carbocycles. The van der Waals surface area contributed by atoms with Crippen LogP contribution in [0.5, 0.6) is 0 Å². The van der Waals surface area contributed by atoms with Crippen molar-refractivity contribution in [2.24, 2.45) is 0 Å². The van der Waals surface area contributed by atoms with E-state index in [-0.39, 0.29) is 23.4 Å². The number of hydrogen-bond acceptors (Lipinski definition) is 5. The van der Waals surface area contributed by atoms with Gasteiger partial charge in [-0.25, -0.2) is 9.78 Å². The number of anilines is 3. The third kappa shape index (κ3) is 3.63. The standard InChI is InChI=1S/C24H27N5O2S/c1-24(2,3)14-6-4-8-16(12-14)29-17-9-11-26-22-18(17)19(28-23(29)31)20(32-22)21(30)27-15-7-5-10-25-13-15/h4,6,8-9,11-12,15,25H,5,7,10,13H2,1-3H3,(H,27,30)(H,28,31). The molecular formula is C24H27N5O2S. The van der Waals surface area contributed by atoms with Crippen molar-refractivity contribution in [1.29, 1.82) is 0 Å². The van der Waals surface area contributed by atoms with E-state index in [0.717, 1.165) is 53.1 Å². The molecule has 0 bridgehead atoms. The second-order valence-corrected chi connectivity index (χ2v) is 10.4. The fourth-order valence-corrected chi connectivity index (χ4v) is 5.36. The zero-order valence-electron chi connectivity index (χ0n) is 18.5. The number of piperidine rings is 1. The smallest absolute Gasteiger partial charge is 0.331 e. The maximum Gasteiger partial charge on any atom is 0.331 e. The molecular weight excluding hydrogens is 422 g/mol. The van der Waals surface area contributed by atoms with E-state index in [1.165, 1.54) is 11.3 Å². The average molecular weight is 450 g/mol. The summed E-state index contributed by atoms with van der Waals surface area (Å²) in [5, 5.41) is 10.2. The Bertz CT molecular complexity index is 1210. The monoisotopic (exact) mass is 449 g/mol. The Morgan fingerprint density at radius 2 is 2.12 bits per heavy atom. The summed E-state index contributed by atoms with van der Waals surface area (Å²) in [6, 6.07) is 9.69. The Balaban J connectivity index is 1.56. The lowest BCUT2D eigenvalue weighted by Crippen LogP contribution is -2.45. The number of hydrogen-bond donors (Lipinski definition) is 3. The highest BCUT2D eigenvalue weighted by Gasteiger charge is 2.33. The molecule has 8 heteroatoms. The van der Waals surface area contributed by atoms with Gasteiger partial charge in [0.25, 0.3) is 5.91 Å². The van der Waals surface area contributed by atoms with Gasteiger partial charge in [-0.1, -0.05) is 32.9 Å². The molecule has 2 aliphatic rings. The van der Waals surface area contributed by atoms with Gasteiger partial charge in [0, 0.05) is 18.8 Å². The van der Waals surface area contributed by atoms with Crippen LogP contribution in [0.4, 0.5) is 21.9 Å². The highest BCUT2D eigenvalue weighted by molar-refractivity contribution is 7.21. The zero-order valence-corrected chi connectivity index (χ0v) is 19.3. The Morgan fingerprint density at radius 1 is 1.28 bits per heavy atom. The maximum atomic E-state index is 13.3. The molecule has 3 amide bonds. The van der Waals surface area contributed by atoms with E-state index in [2.05, 4.69) is 47.8 Å². The Morgan fingerprint density at radius 3 is 2.88 bits per heavy atom. The summed E-state index contributed by atoms with van der Waals surface area (Å²) < 4.78 is 0. The molecule has 1 saturated heterocycles. The topological polar surface area (TPSA) is 86.4 Å². The minimum absolute atomic E-state index is 0.0391. The van der Waals surface area contributed by atoms with E-state index in [1.54, 1.807) is 11.1 Å². The first-order chi connectivity index (χ1) is 15.3. The summed E-state index contributed by atoms with van der Waals surface area (Å²) in [5.74, 6) is -0.161. The summed E-state index contributed by atoms with van der Waals surface area (Å²) in [4.78, 5) is 33.8. The molecule has 2 aromatic heterocycles. The second-order valence-electron chi connectivity index (χ2n) is 9.40. The number of nitrogens with zero attached hydrogens (tertiary/aromatic N) is 2. The van der Waals surface area contributed by atoms with Gasteiger partial charge in [0.1, 0.15) is 9.71 Å². The number of aromatic nitrogens is 1. The first-order valence-electron chi connectivity index (χ1n) is 11.0. The number of thiophene rings is 1. The summed E-state index contributed by atoms with van der Waals surface area (Å²) in [6.45, 7) is 8.19. The second kappa shape index (κ2) is 7.86. The molecule has 1 fully saturated rings. The molecule has 3 N–H and O–H groups in total. The summed E-state index contributed by atoms with van der Waals surface area (Å²) in [7, 11) is 0. The number of amides is 3. The highest BCUT2D eigenvalue weighted by Crippen LogP contribution is 2.46. The maximum absolute atomic E-state index is 13.3. The van der Waals surface area contributed by atoms with Crippen molar-refractivity contribution in [2.75, 3.05) is 23.3 Å². The summed E-state index contributed by atoms with van der Waals surface area (Å²) in [5.41, 5.74) is 3.20. The van der Waals surface area contributed by atoms with E-state index in [9.17, 15) is 9.59 Å². The minimum Gasteiger partial charge on any atom is -0.347 e. The van der Waals surface area contributed by atoms with Gasteiger partial charge < -0.3 is 16.0 Å². The van der Waals surface area contributed by atoms with Crippen LogP contribution in [0, 0.1) is 0 Å². The lowest BCUT2D eigenvalue weighted by molar-refractivity contribution is 0.0935. The van der Waals surface area contributed by atoms with Gasteiger partial charge in [-0.3, -0.25) is 9.69 Å². The van der Waals surface area contributed by atoms with E-state index in [4.69, 9.17) is 0 Å². The van der Waals surface area contributed by atoms with Gasteiger partial charge >= 0.3 is 6.03 Å². The van der Waals surface area contributed by atoms with Crippen LogP contribution < -0.4 is 20.9 Å². The summed E-state index contributed by atoms with van der Waals surface area (Å²) in [6.07, 6.45) is 3.69. The predicted octanol–water partition coefficient (Wildman–Crippen LogP) is 4.76. The van der Waals surface area contributed by atoms with Crippen LogP contribution in [0.1, 0.15) is 48.8 Å². The van der Waals surface area contributed by atoms with Crippen molar-refractivity contribution in [2.45, 2.75) is 45.1 Å². The van der Waals surface area contributed by atoms with Crippen LogP contribution in [-0.4, -0.2) is 36.1 Å². The van der Waals surface area contributed by atoms with Crippen LogP contribution in [0.2, 0.25) is 0 Å². The van der Waals surface area contributed by atoms with Gasteiger partial charge in [0.15, 0.2) is 0 Å². The van der Waals surface area contributed by atoms with Gasteiger partial charge in [-0.2, -0.15) is 0 Å². The van der Waals surface area contributed by atoms with Crippen LogP contribution in [0.15, 0.2) is 36.5 Å². The highest BCUT2D eigenvalue weighted by atomic mass is 32.1. The molecule has 5 rings (SSSR count). The van der Waals surface area contributed by atoms with Gasteiger partial charge in [0.2, 0.25) is 0 Å². The van der Waals surface area contributed by atoms with Gasteiger partial charge in [-0.05, 0) is 48.6 Å². The molecule has 7 nitrogen and oxygen atoms in total. The molecule has 3 aromatic rings. The molecule has 166 valence electrons. The van der Waals surface area contributed by atoms with Gasteiger partial charge in [0.05, 0.1) is 22.4 Å². The van der Waals surface area contributed by atoms with E-state index >= 15 is 0 Å². The Hall–Kier alpha value is -2.97. The fourth-order valence-electron chi connectivity index (χ4n) is 4.34. The quantitative estimate of drug-likeness (QED) is 0.538. The van der Waals surface area contributed by atoms with Crippen LogP contribution in [0.25, 0.3) is 10.2 Å². The lowest BCUT2D eigenvalue weighted by Gasteiger charge is -2.30. The molecule has 1 aromatic carbocycles.